The maximum absolute atomic E-state index is 10.8. The predicted molar refractivity (Wildman–Crippen MR) is 48.0 cm³/mol. The van der Waals surface area contributed by atoms with E-state index in [-0.39, 0.29) is 12.3 Å². The van der Waals surface area contributed by atoms with E-state index < -0.39 is 17.7 Å². The molecule has 78 valence electrons. The molecule has 0 heterocycles. The minimum atomic E-state index is -1.34. The first kappa shape index (κ1) is 12.4. The number of aliphatic hydroxyl groups excluding tert-OH is 1. The molecule has 0 aliphatic carbocycles. The summed E-state index contributed by atoms with van der Waals surface area (Å²) >= 11 is 0. The molecule has 0 spiro atoms. The number of aliphatic hydroxyl groups is 2. The quantitative estimate of drug-likeness (QED) is 0.561. The Morgan fingerprint density at radius 3 is 2.08 bits per heavy atom. The van der Waals surface area contributed by atoms with Crippen molar-refractivity contribution in [3.05, 3.63) is 0 Å². The highest BCUT2D eigenvalue weighted by molar-refractivity contribution is 5.73. The van der Waals surface area contributed by atoms with Crippen molar-refractivity contribution in [3.63, 3.8) is 0 Å². The van der Waals surface area contributed by atoms with Crippen LogP contribution < -0.4 is 0 Å². The third-order valence-corrected chi connectivity index (χ3v) is 2.64. The van der Waals surface area contributed by atoms with Gasteiger partial charge < -0.3 is 15.3 Å². The van der Waals surface area contributed by atoms with E-state index in [1.54, 1.807) is 20.8 Å². The molecule has 0 aromatic heterocycles. The lowest BCUT2D eigenvalue weighted by atomic mass is 9.77. The van der Waals surface area contributed by atoms with Gasteiger partial charge in [-0.05, 0) is 32.6 Å². The summed E-state index contributed by atoms with van der Waals surface area (Å²) in [4.78, 5) is 10.8. The van der Waals surface area contributed by atoms with Crippen LogP contribution in [0.3, 0.4) is 0 Å². The second kappa shape index (κ2) is 4.58. The van der Waals surface area contributed by atoms with E-state index in [0.29, 0.717) is 6.42 Å². The Morgan fingerprint density at radius 1 is 1.31 bits per heavy atom. The molecule has 13 heavy (non-hydrogen) atoms. The smallest absolute Gasteiger partial charge is 0.309 e. The molecule has 4 heteroatoms. The van der Waals surface area contributed by atoms with Gasteiger partial charge in [0.15, 0.2) is 6.29 Å². The average Bonchev–Trinajstić information content (AvgIpc) is 1.99. The van der Waals surface area contributed by atoms with Gasteiger partial charge >= 0.3 is 5.97 Å². The number of carboxylic acids is 1. The zero-order valence-electron chi connectivity index (χ0n) is 8.32. The molecular formula is C9H18O4. The van der Waals surface area contributed by atoms with Gasteiger partial charge in [-0.1, -0.05) is 6.92 Å². The number of carbonyl (C=O) groups is 1. The summed E-state index contributed by atoms with van der Waals surface area (Å²) in [6.45, 7) is 5.09. The highest BCUT2D eigenvalue weighted by Gasteiger charge is 2.33. The van der Waals surface area contributed by atoms with Gasteiger partial charge in [0, 0.05) is 0 Å². The summed E-state index contributed by atoms with van der Waals surface area (Å²) in [5, 5.41) is 26.1. The van der Waals surface area contributed by atoms with Crippen molar-refractivity contribution in [2.45, 2.75) is 39.9 Å². The number of hydrogen-bond acceptors (Lipinski definition) is 3. The fourth-order valence-electron chi connectivity index (χ4n) is 0.971. The van der Waals surface area contributed by atoms with Gasteiger partial charge in [-0.2, -0.15) is 0 Å². The first-order valence-corrected chi connectivity index (χ1v) is 4.38. The largest absolute Gasteiger partial charge is 0.481 e. The van der Waals surface area contributed by atoms with E-state index in [2.05, 4.69) is 0 Å². The van der Waals surface area contributed by atoms with Gasteiger partial charge in [0.2, 0.25) is 0 Å². The topological polar surface area (TPSA) is 77.8 Å². The molecule has 1 atom stereocenters. The second-order valence-corrected chi connectivity index (χ2v) is 3.99. The maximum atomic E-state index is 10.8. The molecule has 0 bridgehead atoms. The maximum Gasteiger partial charge on any atom is 0.309 e. The van der Waals surface area contributed by atoms with Gasteiger partial charge in [0.25, 0.3) is 0 Å². The zero-order valence-corrected chi connectivity index (χ0v) is 8.32. The number of aliphatic carboxylic acids is 1. The third kappa shape index (κ3) is 3.74. The standard InChI is InChI=1S/C9H18O4/c1-6(4-5-7(10)11)9(2,3)8(12)13/h6-7,10-11H,4-5H2,1-3H3,(H,12,13). The van der Waals surface area contributed by atoms with Crippen LogP contribution in [-0.2, 0) is 4.79 Å². The molecule has 0 aliphatic rings. The van der Waals surface area contributed by atoms with Gasteiger partial charge in [0.05, 0.1) is 5.41 Å². The number of carboxylic acid groups (broad SMARTS) is 1. The molecule has 1 unspecified atom stereocenters. The van der Waals surface area contributed by atoms with Gasteiger partial charge in [-0.3, -0.25) is 4.79 Å². The van der Waals surface area contributed by atoms with E-state index >= 15 is 0 Å². The van der Waals surface area contributed by atoms with Crippen LogP contribution in [-0.4, -0.2) is 27.6 Å². The molecule has 0 amide bonds. The first-order chi connectivity index (χ1) is 5.78. The molecule has 3 N–H and O–H groups in total. The Hall–Kier alpha value is -0.610. The molecular weight excluding hydrogens is 172 g/mol. The molecule has 4 nitrogen and oxygen atoms in total. The van der Waals surface area contributed by atoms with Crippen LogP contribution in [0.25, 0.3) is 0 Å². The lowest BCUT2D eigenvalue weighted by Crippen LogP contribution is -2.31. The van der Waals surface area contributed by atoms with Crippen LogP contribution in [0.5, 0.6) is 0 Å². The number of hydrogen-bond donors (Lipinski definition) is 3. The summed E-state index contributed by atoms with van der Waals surface area (Å²) in [7, 11) is 0. The summed E-state index contributed by atoms with van der Waals surface area (Å²) in [5.41, 5.74) is -0.811. The van der Waals surface area contributed by atoms with Crippen LogP contribution in [0.4, 0.5) is 0 Å². The Balaban J connectivity index is 4.09. The molecule has 0 aromatic carbocycles. The molecule has 0 aliphatic heterocycles. The second-order valence-electron chi connectivity index (χ2n) is 3.99. The van der Waals surface area contributed by atoms with E-state index in [1.807, 2.05) is 0 Å². The Kier molecular flexibility index (Phi) is 4.36. The number of rotatable bonds is 5. The summed E-state index contributed by atoms with van der Waals surface area (Å²) < 4.78 is 0. The SMILES string of the molecule is CC(CCC(O)O)C(C)(C)C(=O)O. The van der Waals surface area contributed by atoms with Crippen LogP contribution in [0.1, 0.15) is 33.6 Å². The van der Waals surface area contributed by atoms with Crippen LogP contribution in [0, 0.1) is 11.3 Å². The fourth-order valence-corrected chi connectivity index (χ4v) is 0.971. The molecule has 0 rings (SSSR count). The highest BCUT2D eigenvalue weighted by atomic mass is 16.5. The Morgan fingerprint density at radius 2 is 1.77 bits per heavy atom. The van der Waals surface area contributed by atoms with Gasteiger partial charge in [0.1, 0.15) is 0 Å². The van der Waals surface area contributed by atoms with Crippen LogP contribution in [0.2, 0.25) is 0 Å². The van der Waals surface area contributed by atoms with Crippen LogP contribution >= 0.6 is 0 Å². The molecule has 0 fully saturated rings. The van der Waals surface area contributed by atoms with Crippen molar-refractivity contribution in [2.24, 2.45) is 11.3 Å². The lowest BCUT2D eigenvalue weighted by Gasteiger charge is -2.27. The van der Waals surface area contributed by atoms with Gasteiger partial charge in [-0.25, -0.2) is 0 Å². The molecule has 0 aromatic rings. The van der Waals surface area contributed by atoms with E-state index in [0.717, 1.165) is 0 Å². The first-order valence-electron chi connectivity index (χ1n) is 4.38. The summed E-state index contributed by atoms with van der Waals surface area (Å²) in [6, 6.07) is 0. The molecule has 0 saturated heterocycles. The van der Waals surface area contributed by atoms with Gasteiger partial charge in [-0.15, -0.1) is 0 Å². The summed E-state index contributed by atoms with van der Waals surface area (Å²) in [6.07, 6.45) is -0.624. The van der Waals surface area contributed by atoms with Crippen molar-refractivity contribution in [2.75, 3.05) is 0 Å². The minimum Gasteiger partial charge on any atom is -0.481 e. The van der Waals surface area contributed by atoms with Crippen molar-refractivity contribution in [1.29, 1.82) is 0 Å². The van der Waals surface area contributed by atoms with Crippen LogP contribution in [0.15, 0.2) is 0 Å². The van der Waals surface area contributed by atoms with E-state index in [9.17, 15) is 4.79 Å². The average molecular weight is 190 g/mol. The van der Waals surface area contributed by atoms with Crippen molar-refractivity contribution in [3.8, 4) is 0 Å². The molecule has 0 radical (unpaired) electrons. The fraction of sp³-hybridized carbons (Fsp3) is 0.889. The van der Waals surface area contributed by atoms with Crippen molar-refractivity contribution in [1.82, 2.24) is 0 Å². The van der Waals surface area contributed by atoms with E-state index in [4.69, 9.17) is 15.3 Å². The lowest BCUT2D eigenvalue weighted by molar-refractivity contribution is -0.150. The van der Waals surface area contributed by atoms with Crippen molar-refractivity contribution < 1.29 is 20.1 Å². The predicted octanol–water partition coefficient (Wildman–Crippen LogP) is 0.824. The highest BCUT2D eigenvalue weighted by Crippen LogP contribution is 2.30. The third-order valence-electron chi connectivity index (χ3n) is 2.64. The monoisotopic (exact) mass is 190 g/mol. The zero-order chi connectivity index (χ0) is 10.6. The molecule has 0 saturated carbocycles. The Bertz CT molecular complexity index is 174. The van der Waals surface area contributed by atoms with E-state index in [1.165, 1.54) is 0 Å². The summed E-state index contributed by atoms with van der Waals surface area (Å²) in [5.74, 6) is -0.931. The minimum absolute atomic E-state index is 0.0770. The Labute approximate surface area is 78.2 Å². The normalized spacial score (nSPS) is 14.6. The van der Waals surface area contributed by atoms with Crippen molar-refractivity contribution >= 4 is 5.97 Å².